The predicted molar refractivity (Wildman–Crippen MR) is 162 cm³/mol. The zero-order valence-corrected chi connectivity index (χ0v) is 26.5. The molecule has 1 atom stereocenters. The number of thiophene rings is 1. The number of hydrogen-bond donors (Lipinski definition) is 0. The largest absolute Gasteiger partial charge is 0.499 e. The van der Waals surface area contributed by atoms with E-state index in [4.69, 9.17) is 18.6 Å². The molecule has 0 aliphatic rings. The monoisotopic (exact) mass is 728 g/mol. The van der Waals surface area contributed by atoms with Crippen LogP contribution in [-0.2, 0) is 27.4 Å². The molecule has 0 saturated heterocycles. The minimum absolute atomic E-state index is 0.0425. The van der Waals surface area contributed by atoms with Crippen molar-refractivity contribution in [2.24, 2.45) is 0 Å². The Morgan fingerprint density at radius 2 is 1.85 bits per heavy atom. The summed E-state index contributed by atoms with van der Waals surface area (Å²) >= 11 is 4.38. The molecule has 0 spiro atoms. The number of aromatic nitrogens is 4. The first-order valence-corrected chi connectivity index (χ1v) is 15.0. The molecule has 0 amide bonds. The average Bonchev–Trinajstić information content (AvgIpc) is 3.70. The third-order valence-electron chi connectivity index (χ3n) is 6.53. The number of furan rings is 1. The molecule has 1 aromatic carbocycles. The highest BCUT2D eigenvalue weighted by atomic mass is 79.9. The van der Waals surface area contributed by atoms with E-state index in [1.807, 2.05) is 0 Å². The molecule has 9 nitrogen and oxygen atoms in total. The lowest BCUT2D eigenvalue weighted by Gasteiger charge is -2.32. The summed E-state index contributed by atoms with van der Waals surface area (Å²) in [5.74, 6) is -6.33. The number of carbonyl (C=O) groups excluding carboxylic acids is 1. The van der Waals surface area contributed by atoms with Crippen LogP contribution in [0.25, 0.3) is 20.9 Å². The molecule has 46 heavy (non-hydrogen) atoms. The third-order valence-corrected chi connectivity index (χ3v) is 8.69. The van der Waals surface area contributed by atoms with Crippen LogP contribution in [0, 0.1) is 6.01 Å². The van der Waals surface area contributed by atoms with Gasteiger partial charge in [-0.05, 0) is 47.1 Å². The van der Waals surface area contributed by atoms with Crippen LogP contribution in [0.1, 0.15) is 18.2 Å². The molecule has 0 unspecified atom stereocenters. The summed E-state index contributed by atoms with van der Waals surface area (Å²) in [6.07, 6.45) is -5.05. The molecule has 4 aromatic heterocycles. The highest BCUT2D eigenvalue weighted by Crippen LogP contribution is 2.47. The van der Waals surface area contributed by atoms with E-state index in [1.165, 1.54) is 52.9 Å². The summed E-state index contributed by atoms with van der Waals surface area (Å²) in [5.41, 5.74) is -0.858. The predicted octanol–water partition coefficient (Wildman–Crippen LogP) is 5.17. The van der Waals surface area contributed by atoms with Crippen LogP contribution in [0.5, 0.6) is 11.6 Å². The Bertz CT molecular complexity index is 1880. The molecule has 5 aromatic rings. The summed E-state index contributed by atoms with van der Waals surface area (Å²) < 4.78 is 109. The summed E-state index contributed by atoms with van der Waals surface area (Å²) in [6, 6.07) is 7.72. The van der Waals surface area contributed by atoms with E-state index < -0.39 is 59.3 Å². The van der Waals surface area contributed by atoms with Crippen LogP contribution < -0.4 is 9.47 Å². The van der Waals surface area contributed by atoms with E-state index >= 15 is 8.78 Å². The number of alkyl halides is 5. The summed E-state index contributed by atoms with van der Waals surface area (Å²) in [4.78, 5) is 21.8. The number of nitrogens with zero attached hydrogens (tertiary/aromatic N) is 4. The van der Waals surface area contributed by atoms with E-state index in [1.54, 1.807) is 0 Å². The highest BCUT2D eigenvalue weighted by molar-refractivity contribution is 9.10. The third kappa shape index (κ3) is 6.74. The van der Waals surface area contributed by atoms with Crippen molar-refractivity contribution in [1.82, 2.24) is 19.7 Å². The van der Waals surface area contributed by atoms with E-state index in [2.05, 4.69) is 31.0 Å². The van der Waals surface area contributed by atoms with Gasteiger partial charge in [0.1, 0.15) is 29.2 Å². The fourth-order valence-corrected chi connectivity index (χ4v) is 6.51. The van der Waals surface area contributed by atoms with Gasteiger partial charge in [0.15, 0.2) is 15.7 Å². The van der Waals surface area contributed by atoms with Gasteiger partial charge in [-0.3, -0.25) is 4.68 Å². The van der Waals surface area contributed by atoms with Crippen LogP contribution in [0.4, 0.5) is 26.3 Å². The van der Waals surface area contributed by atoms with Crippen molar-refractivity contribution in [1.29, 1.82) is 0 Å². The van der Waals surface area contributed by atoms with E-state index in [0.29, 0.717) is 9.56 Å². The average molecular weight is 729 g/mol. The Kier molecular flexibility index (Phi) is 9.19. The molecular formula is C27H21B2BrF6N4O5S. The number of esters is 1. The van der Waals surface area contributed by atoms with Gasteiger partial charge in [-0.1, -0.05) is 12.1 Å². The van der Waals surface area contributed by atoms with Gasteiger partial charge in [0.25, 0.3) is 12.1 Å². The number of benzene rings is 1. The van der Waals surface area contributed by atoms with Crippen LogP contribution in [0.15, 0.2) is 63.9 Å². The van der Waals surface area contributed by atoms with Crippen molar-refractivity contribution >= 4 is 59.1 Å². The standard InChI is InChI=1S/C27H21B2BrF6N4O5S/c1-2-42-24(41)21(44-22-18-19(30)20(15-7-8-17(31)43-15)46-23(18)38-12-37-22)26(35,36)13-5-3-4-6-14(13)45-27(28,29)16-9-10-39-40(16)11-25(32,33)34/h3-10,12,21H,2,11,28-29H2,1H3/t21-/m0/s1. The quantitative estimate of drug-likeness (QED) is 0.104. The minimum Gasteiger partial charge on any atom is -0.499 e. The molecule has 0 aliphatic carbocycles. The molecule has 4 heterocycles. The van der Waals surface area contributed by atoms with Gasteiger partial charge < -0.3 is 18.6 Å². The topological polar surface area (TPSA) is 102 Å². The Balaban J connectivity index is 1.54. The van der Waals surface area contributed by atoms with Crippen molar-refractivity contribution in [3.05, 3.63) is 76.7 Å². The Hall–Kier alpha value is -3.99. The molecule has 0 bridgehead atoms. The number of hydrogen-bond acceptors (Lipinski definition) is 9. The normalized spacial score (nSPS) is 13.1. The van der Waals surface area contributed by atoms with Crippen molar-refractivity contribution in [2.45, 2.75) is 37.1 Å². The van der Waals surface area contributed by atoms with Gasteiger partial charge in [-0.15, -0.1) is 11.3 Å². The molecule has 0 saturated carbocycles. The Morgan fingerprint density at radius 1 is 1.11 bits per heavy atom. The smallest absolute Gasteiger partial charge is 0.408 e. The molecule has 240 valence electrons. The van der Waals surface area contributed by atoms with Crippen molar-refractivity contribution in [3.8, 4) is 22.3 Å². The second kappa shape index (κ2) is 12.7. The fourth-order valence-electron chi connectivity index (χ4n) is 4.60. The van der Waals surface area contributed by atoms with Gasteiger partial charge in [-0.2, -0.15) is 31.4 Å². The lowest BCUT2D eigenvalue weighted by molar-refractivity contribution is -0.174. The number of carbonyl (C=O) groups is 1. The molecule has 5 rings (SSSR count). The van der Waals surface area contributed by atoms with Crippen LogP contribution >= 0.6 is 27.3 Å². The van der Waals surface area contributed by atoms with Crippen molar-refractivity contribution < 1.29 is 49.8 Å². The van der Waals surface area contributed by atoms with Gasteiger partial charge in [0, 0.05) is 12.3 Å². The van der Waals surface area contributed by atoms with Crippen molar-refractivity contribution in [3.63, 3.8) is 0 Å². The lowest BCUT2D eigenvalue weighted by Crippen LogP contribution is -2.45. The number of fused-ring (bicyclic) bond motifs is 1. The highest BCUT2D eigenvalue weighted by Gasteiger charge is 2.52. The maximum atomic E-state index is 16.6. The van der Waals surface area contributed by atoms with Crippen LogP contribution in [0.2, 0.25) is 0 Å². The lowest BCUT2D eigenvalue weighted by atomic mass is 9.63. The maximum absolute atomic E-state index is 16.6. The molecule has 0 aliphatic heterocycles. The number of ether oxygens (including phenoxy) is 3. The van der Waals surface area contributed by atoms with Gasteiger partial charge in [0.05, 0.1) is 38.0 Å². The van der Waals surface area contributed by atoms with E-state index in [-0.39, 0.29) is 32.8 Å². The summed E-state index contributed by atoms with van der Waals surface area (Å²) in [6.45, 7) is -0.274. The second-order valence-electron chi connectivity index (χ2n) is 10.2. The second-order valence-corrected chi connectivity index (χ2v) is 12.0. The molecule has 0 fully saturated rings. The first kappa shape index (κ1) is 33.4. The van der Waals surface area contributed by atoms with E-state index in [9.17, 15) is 22.4 Å². The zero-order valence-electron chi connectivity index (χ0n) is 24.1. The van der Waals surface area contributed by atoms with Gasteiger partial charge in [0.2, 0.25) is 5.88 Å². The molecule has 0 radical (unpaired) electrons. The Morgan fingerprint density at radius 3 is 2.52 bits per heavy atom. The maximum Gasteiger partial charge on any atom is 0.408 e. The molecule has 0 N–H and O–H groups in total. The van der Waals surface area contributed by atoms with Crippen LogP contribution in [-0.4, -0.2) is 60.3 Å². The van der Waals surface area contributed by atoms with Gasteiger partial charge in [-0.25, -0.2) is 14.8 Å². The van der Waals surface area contributed by atoms with Crippen LogP contribution in [0.3, 0.4) is 0 Å². The SMILES string of the molecule is BC(B)(Oc1ccccc1C(F)(F)[C@@H](Oc1ncnc2sc(-c3ccc(F)o3)c(Br)c12)C(=O)OCC)c1ccnn1CC(F)(F)F. The Labute approximate surface area is 270 Å². The first-order chi connectivity index (χ1) is 21.6. The number of rotatable bonds is 11. The van der Waals surface area contributed by atoms with E-state index in [0.717, 1.165) is 36.0 Å². The fraction of sp³-hybridized carbons (Fsp3) is 0.259. The molecular weight excluding hydrogens is 708 g/mol. The summed E-state index contributed by atoms with van der Waals surface area (Å²) in [7, 11) is 2.78. The molecule has 19 heteroatoms. The van der Waals surface area contributed by atoms with Crippen molar-refractivity contribution in [2.75, 3.05) is 6.61 Å². The number of para-hydroxylation sites is 1. The minimum atomic E-state index is -4.61. The number of halogens is 7. The zero-order chi connectivity index (χ0) is 33.4. The first-order valence-electron chi connectivity index (χ1n) is 13.4. The summed E-state index contributed by atoms with van der Waals surface area (Å²) in [5, 5.41) is 2.21. The van der Waals surface area contributed by atoms with Gasteiger partial charge >= 0.3 is 18.1 Å².